The summed E-state index contributed by atoms with van der Waals surface area (Å²) >= 11 is 0. The predicted molar refractivity (Wildman–Crippen MR) is 118 cm³/mol. The molecule has 11 atom stereocenters. The number of fused-ring (bicyclic) bond motifs is 7. The normalized spacial score (nSPS) is 60.0. The van der Waals surface area contributed by atoms with Gasteiger partial charge in [0.1, 0.15) is 0 Å². The minimum atomic E-state index is -0.492. The molecule has 0 bridgehead atoms. The van der Waals surface area contributed by atoms with Gasteiger partial charge in [-0.15, -0.1) is 0 Å². The molecular weight excluding hydrogens is 372 g/mol. The Balaban J connectivity index is 1.29. The first-order chi connectivity index (χ1) is 14.4. The monoisotopic (exact) mass is 416 g/mol. The van der Waals surface area contributed by atoms with Crippen LogP contribution in [0.2, 0.25) is 0 Å². The van der Waals surface area contributed by atoms with Crippen LogP contribution in [0.3, 0.4) is 0 Å². The predicted octanol–water partition coefficient (Wildman–Crippen LogP) is 5.80. The van der Waals surface area contributed by atoms with E-state index in [1.165, 1.54) is 64.2 Å². The highest BCUT2D eigenvalue weighted by atomic mass is 16.7. The van der Waals surface area contributed by atoms with Gasteiger partial charge in [-0.25, -0.2) is 0 Å². The molecule has 6 fully saturated rings. The molecule has 2 unspecified atom stereocenters. The van der Waals surface area contributed by atoms with Crippen molar-refractivity contribution in [2.75, 3.05) is 13.2 Å². The van der Waals surface area contributed by atoms with Crippen molar-refractivity contribution in [3.8, 4) is 0 Å². The molecule has 0 aromatic heterocycles. The first-order valence-corrected chi connectivity index (χ1v) is 13.3. The number of rotatable bonds is 1. The summed E-state index contributed by atoms with van der Waals surface area (Å²) in [6, 6.07) is 0. The molecule has 2 heterocycles. The molecule has 6 rings (SSSR count). The van der Waals surface area contributed by atoms with Crippen LogP contribution in [0.5, 0.6) is 0 Å². The fourth-order valence-electron chi connectivity index (χ4n) is 10.3. The molecule has 1 N–H and O–H groups in total. The maximum absolute atomic E-state index is 10.6. The topological polar surface area (TPSA) is 38.7 Å². The molecule has 30 heavy (non-hydrogen) atoms. The molecule has 170 valence electrons. The largest absolute Gasteiger partial charge is 0.396 e. The van der Waals surface area contributed by atoms with Crippen molar-refractivity contribution in [2.24, 2.45) is 52.3 Å². The Kier molecular flexibility index (Phi) is 4.74. The third kappa shape index (κ3) is 2.61. The lowest BCUT2D eigenvalue weighted by Gasteiger charge is -2.61. The average Bonchev–Trinajstić information content (AvgIpc) is 3.20. The fourth-order valence-corrected chi connectivity index (χ4v) is 10.3. The van der Waals surface area contributed by atoms with Crippen molar-refractivity contribution in [2.45, 2.75) is 103 Å². The van der Waals surface area contributed by atoms with Crippen LogP contribution in [-0.4, -0.2) is 30.2 Å². The van der Waals surface area contributed by atoms with Crippen molar-refractivity contribution < 1.29 is 14.6 Å². The highest BCUT2D eigenvalue weighted by Gasteiger charge is 2.69. The number of hydrogen-bond acceptors (Lipinski definition) is 3. The van der Waals surface area contributed by atoms with Crippen LogP contribution < -0.4 is 0 Å². The Labute approximate surface area is 183 Å². The SMILES string of the molecule is CC1CC[C@@]2(OC1)O[C@H]1C[C@H]3[C@@H]4CCC5CCCC[C@]5(C)[C@H]4CC[C@]3(C)[C@H]1[C@@H]2CO. The van der Waals surface area contributed by atoms with Crippen molar-refractivity contribution in [3.05, 3.63) is 0 Å². The van der Waals surface area contributed by atoms with Gasteiger partial charge >= 0.3 is 0 Å². The highest BCUT2D eigenvalue weighted by Crippen LogP contribution is 2.71. The summed E-state index contributed by atoms with van der Waals surface area (Å²) in [7, 11) is 0. The van der Waals surface area contributed by atoms with E-state index in [9.17, 15) is 5.11 Å². The first kappa shape index (κ1) is 20.5. The lowest BCUT2D eigenvalue weighted by molar-refractivity contribution is -0.278. The van der Waals surface area contributed by atoms with E-state index in [0.717, 1.165) is 36.7 Å². The van der Waals surface area contributed by atoms with E-state index in [4.69, 9.17) is 9.47 Å². The molecule has 0 aromatic rings. The second-order valence-corrected chi connectivity index (χ2v) is 12.9. The van der Waals surface area contributed by atoms with Crippen LogP contribution in [0.1, 0.15) is 91.4 Å². The van der Waals surface area contributed by atoms with E-state index < -0.39 is 5.79 Å². The molecular formula is C27H44O3. The Morgan fingerprint density at radius 1 is 0.900 bits per heavy atom. The van der Waals surface area contributed by atoms with E-state index in [0.29, 0.717) is 28.8 Å². The van der Waals surface area contributed by atoms with E-state index in [-0.39, 0.29) is 12.5 Å². The Morgan fingerprint density at radius 3 is 2.53 bits per heavy atom. The van der Waals surface area contributed by atoms with Crippen LogP contribution >= 0.6 is 0 Å². The van der Waals surface area contributed by atoms with E-state index in [1.54, 1.807) is 0 Å². The zero-order valence-electron chi connectivity index (χ0n) is 19.6. The summed E-state index contributed by atoms with van der Waals surface area (Å²) in [4.78, 5) is 0. The summed E-state index contributed by atoms with van der Waals surface area (Å²) < 4.78 is 13.3. The third-order valence-electron chi connectivity index (χ3n) is 11.8. The Hall–Kier alpha value is -0.120. The average molecular weight is 417 g/mol. The van der Waals surface area contributed by atoms with Crippen LogP contribution in [0.4, 0.5) is 0 Å². The van der Waals surface area contributed by atoms with Gasteiger partial charge < -0.3 is 14.6 Å². The number of aliphatic hydroxyl groups excluding tert-OH is 1. The second kappa shape index (κ2) is 6.94. The molecule has 0 aromatic carbocycles. The van der Waals surface area contributed by atoms with Gasteiger partial charge in [0, 0.05) is 18.3 Å². The zero-order valence-corrected chi connectivity index (χ0v) is 19.6. The van der Waals surface area contributed by atoms with Gasteiger partial charge in [0.25, 0.3) is 0 Å². The van der Waals surface area contributed by atoms with Crippen LogP contribution in [0, 0.1) is 52.3 Å². The van der Waals surface area contributed by atoms with Crippen LogP contribution in [0.15, 0.2) is 0 Å². The van der Waals surface area contributed by atoms with Crippen molar-refractivity contribution >= 4 is 0 Å². The fraction of sp³-hybridized carbons (Fsp3) is 1.00. The molecule has 2 aliphatic heterocycles. The maximum Gasteiger partial charge on any atom is 0.174 e. The van der Waals surface area contributed by atoms with Gasteiger partial charge in [0.2, 0.25) is 0 Å². The number of aliphatic hydroxyl groups is 1. The molecule has 6 aliphatic rings. The summed E-state index contributed by atoms with van der Waals surface area (Å²) in [5.74, 6) is 4.38. The van der Waals surface area contributed by atoms with Crippen LogP contribution in [-0.2, 0) is 9.47 Å². The number of ether oxygens (including phenoxy) is 2. The van der Waals surface area contributed by atoms with Crippen molar-refractivity contribution in [3.63, 3.8) is 0 Å². The summed E-state index contributed by atoms with van der Waals surface area (Å²) in [6.07, 6.45) is 15.2. The van der Waals surface area contributed by atoms with Gasteiger partial charge in [0.05, 0.1) is 19.3 Å². The lowest BCUT2D eigenvalue weighted by atomic mass is 9.44. The summed E-state index contributed by atoms with van der Waals surface area (Å²) in [5, 5.41) is 10.6. The molecule has 1 spiro atoms. The van der Waals surface area contributed by atoms with E-state index >= 15 is 0 Å². The highest BCUT2D eigenvalue weighted by molar-refractivity contribution is 5.15. The standard InChI is InChI=1S/C27H44O3/c1-17-9-13-27(29-16-17)22(15-28)24-23(30-27)14-21-19-8-7-18-6-4-5-11-25(18,2)20(19)10-12-26(21,24)3/h17-24,28H,4-16H2,1-3H3/t17?,18?,19-,20+,21+,22+,23+,24+,25+,26+,27-/m1/s1. The van der Waals surface area contributed by atoms with Crippen LogP contribution in [0.25, 0.3) is 0 Å². The van der Waals surface area contributed by atoms with Gasteiger partial charge in [-0.3, -0.25) is 0 Å². The van der Waals surface area contributed by atoms with Gasteiger partial charge in [-0.1, -0.05) is 33.6 Å². The second-order valence-electron chi connectivity index (χ2n) is 12.9. The molecule has 3 nitrogen and oxygen atoms in total. The minimum Gasteiger partial charge on any atom is -0.396 e. The van der Waals surface area contributed by atoms with Gasteiger partial charge in [-0.05, 0) is 91.8 Å². The summed E-state index contributed by atoms with van der Waals surface area (Å²) in [5.41, 5.74) is 0.925. The van der Waals surface area contributed by atoms with Crippen molar-refractivity contribution in [1.82, 2.24) is 0 Å². The lowest BCUT2D eigenvalue weighted by Crippen LogP contribution is -2.54. The van der Waals surface area contributed by atoms with E-state index in [1.807, 2.05) is 0 Å². The van der Waals surface area contributed by atoms with E-state index in [2.05, 4.69) is 20.8 Å². The van der Waals surface area contributed by atoms with Crippen molar-refractivity contribution in [1.29, 1.82) is 0 Å². The Morgan fingerprint density at radius 2 is 1.77 bits per heavy atom. The molecule has 2 saturated heterocycles. The van der Waals surface area contributed by atoms with Gasteiger partial charge in [0.15, 0.2) is 5.79 Å². The Bertz CT molecular complexity index is 669. The first-order valence-electron chi connectivity index (χ1n) is 13.3. The molecule has 4 saturated carbocycles. The zero-order chi connectivity index (χ0) is 20.7. The minimum absolute atomic E-state index is 0.170. The maximum atomic E-state index is 10.6. The smallest absolute Gasteiger partial charge is 0.174 e. The quantitative estimate of drug-likeness (QED) is 0.587. The van der Waals surface area contributed by atoms with Gasteiger partial charge in [-0.2, -0.15) is 0 Å². The molecule has 0 amide bonds. The summed E-state index contributed by atoms with van der Waals surface area (Å²) in [6.45, 7) is 8.55. The molecule has 0 radical (unpaired) electrons. The third-order valence-corrected chi connectivity index (χ3v) is 11.8. The number of hydrogen-bond donors (Lipinski definition) is 1. The molecule has 3 heteroatoms. The molecule has 4 aliphatic carbocycles.